The standard InChI is InChI=1S/C9H14N4O2/c1-9(15)3-2-4-13(6-9)8(14)7-5-10-12-11-7/h5,15H,2-4,6H2,1H3,(H,10,11,12). The van der Waals surface area contributed by atoms with Crippen molar-refractivity contribution in [2.45, 2.75) is 25.4 Å². The summed E-state index contributed by atoms with van der Waals surface area (Å²) in [5.41, 5.74) is -0.481. The minimum atomic E-state index is -0.780. The van der Waals surface area contributed by atoms with Crippen molar-refractivity contribution in [2.75, 3.05) is 13.1 Å². The number of carbonyl (C=O) groups excluding carboxylic acids is 1. The van der Waals surface area contributed by atoms with Gasteiger partial charge in [-0.2, -0.15) is 15.4 Å². The molecule has 1 atom stereocenters. The van der Waals surface area contributed by atoms with E-state index in [0.717, 1.165) is 12.8 Å². The molecule has 1 aliphatic rings. The van der Waals surface area contributed by atoms with Crippen molar-refractivity contribution in [3.8, 4) is 0 Å². The molecule has 1 aromatic rings. The van der Waals surface area contributed by atoms with Crippen LogP contribution >= 0.6 is 0 Å². The fourth-order valence-electron chi connectivity index (χ4n) is 1.86. The number of carbonyl (C=O) groups is 1. The van der Waals surface area contributed by atoms with E-state index in [9.17, 15) is 9.90 Å². The van der Waals surface area contributed by atoms with Crippen LogP contribution < -0.4 is 0 Å². The maximum atomic E-state index is 11.8. The number of nitrogens with zero attached hydrogens (tertiary/aromatic N) is 3. The van der Waals surface area contributed by atoms with Crippen molar-refractivity contribution in [1.29, 1.82) is 0 Å². The van der Waals surface area contributed by atoms with Crippen LogP contribution in [0.15, 0.2) is 6.20 Å². The van der Waals surface area contributed by atoms with Gasteiger partial charge in [-0.3, -0.25) is 4.79 Å². The fourth-order valence-corrected chi connectivity index (χ4v) is 1.86. The van der Waals surface area contributed by atoms with Crippen molar-refractivity contribution >= 4 is 5.91 Å². The van der Waals surface area contributed by atoms with Gasteiger partial charge >= 0.3 is 0 Å². The van der Waals surface area contributed by atoms with Crippen LogP contribution in [0.1, 0.15) is 30.3 Å². The summed E-state index contributed by atoms with van der Waals surface area (Å²) in [5.74, 6) is -0.177. The summed E-state index contributed by atoms with van der Waals surface area (Å²) in [6.07, 6.45) is 2.94. The number of aliphatic hydroxyl groups is 1. The Labute approximate surface area is 87.3 Å². The Morgan fingerprint density at radius 1 is 1.73 bits per heavy atom. The maximum Gasteiger partial charge on any atom is 0.276 e. The van der Waals surface area contributed by atoms with Crippen LogP contribution in [0.3, 0.4) is 0 Å². The number of H-pyrrole nitrogens is 1. The van der Waals surface area contributed by atoms with Crippen LogP contribution in [0.4, 0.5) is 0 Å². The lowest BCUT2D eigenvalue weighted by atomic mass is 9.95. The van der Waals surface area contributed by atoms with Gasteiger partial charge in [-0.1, -0.05) is 0 Å². The van der Waals surface area contributed by atoms with Crippen LogP contribution in [0, 0.1) is 0 Å². The van der Waals surface area contributed by atoms with E-state index in [0.29, 0.717) is 18.8 Å². The van der Waals surface area contributed by atoms with E-state index in [1.807, 2.05) is 0 Å². The molecule has 1 saturated heterocycles. The molecule has 1 fully saturated rings. The zero-order chi connectivity index (χ0) is 10.9. The average Bonchev–Trinajstić information content (AvgIpc) is 2.67. The van der Waals surface area contributed by atoms with Crippen LogP contribution in [0.25, 0.3) is 0 Å². The molecule has 15 heavy (non-hydrogen) atoms. The van der Waals surface area contributed by atoms with Gasteiger partial charge in [-0.05, 0) is 19.8 Å². The van der Waals surface area contributed by atoms with E-state index in [-0.39, 0.29) is 5.91 Å². The largest absolute Gasteiger partial charge is 0.388 e. The Kier molecular flexibility index (Phi) is 2.44. The molecule has 1 unspecified atom stereocenters. The minimum absolute atomic E-state index is 0.177. The molecule has 0 saturated carbocycles. The molecular weight excluding hydrogens is 196 g/mol. The summed E-state index contributed by atoms with van der Waals surface area (Å²) in [6.45, 7) is 2.77. The molecule has 0 aromatic carbocycles. The van der Waals surface area contributed by atoms with E-state index in [4.69, 9.17) is 0 Å². The monoisotopic (exact) mass is 210 g/mol. The van der Waals surface area contributed by atoms with Crippen molar-refractivity contribution < 1.29 is 9.90 Å². The molecular formula is C9H14N4O2. The molecule has 0 radical (unpaired) electrons. The Bertz CT molecular complexity index is 347. The second kappa shape index (κ2) is 3.62. The number of piperidine rings is 1. The third-order valence-corrected chi connectivity index (χ3v) is 2.60. The van der Waals surface area contributed by atoms with Gasteiger partial charge in [0, 0.05) is 13.1 Å². The summed E-state index contributed by atoms with van der Waals surface area (Å²) in [5, 5.41) is 19.6. The predicted molar refractivity (Wildman–Crippen MR) is 52.1 cm³/mol. The molecule has 82 valence electrons. The molecule has 1 aliphatic heterocycles. The molecule has 6 nitrogen and oxygen atoms in total. The smallest absolute Gasteiger partial charge is 0.276 e. The number of β-amino-alcohol motifs (C(OH)–C–C–N with tert-alkyl or cyclic N) is 1. The maximum absolute atomic E-state index is 11.8. The van der Waals surface area contributed by atoms with Gasteiger partial charge in [0.2, 0.25) is 0 Å². The molecule has 2 heterocycles. The Morgan fingerprint density at radius 2 is 2.53 bits per heavy atom. The molecule has 2 rings (SSSR count). The highest BCUT2D eigenvalue weighted by molar-refractivity contribution is 5.92. The van der Waals surface area contributed by atoms with E-state index in [1.54, 1.807) is 11.8 Å². The summed E-state index contributed by atoms with van der Waals surface area (Å²) in [7, 11) is 0. The van der Waals surface area contributed by atoms with Gasteiger partial charge in [0.1, 0.15) is 0 Å². The number of hydrogen-bond acceptors (Lipinski definition) is 4. The first-order chi connectivity index (χ1) is 7.08. The van der Waals surface area contributed by atoms with Gasteiger partial charge in [-0.15, -0.1) is 0 Å². The van der Waals surface area contributed by atoms with Gasteiger partial charge in [0.05, 0.1) is 11.8 Å². The first-order valence-electron chi connectivity index (χ1n) is 4.96. The number of hydrogen-bond donors (Lipinski definition) is 2. The summed E-state index contributed by atoms with van der Waals surface area (Å²) >= 11 is 0. The zero-order valence-electron chi connectivity index (χ0n) is 8.60. The molecule has 0 spiro atoms. The number of amides is 1. The van der Waals surface area contributed by atoms with Gasteiger partial charge < -0.3 is 10.0 Å². The molecule has 1 aromatic heterocycles. The number of rotatable bonds is 1. The van der Waals surface area contributed by atoms with Gasteiger partial charge in [0.15, 0.2) is 5.69 Å². The third kappa shape index (κ3) is 2.15. The molecule has 1 amide bonds. The predicted octanol–water partition coefficient (Wildman–Crippen LogP) is -0.208. The van der Waals surface area contributed by atoms with Gasteiger partial charge in [0.25, 0.3) is 5.91 Å². The molecule has 6 heteroatoms. The summed E-state index contributed by atoms with van der Waals surface area (Å²) in [6, 6.07) is 0. The van der Waals surface area contributed by atoms with E-state index in [2.05, 4.69) is 15.4 Å². The molecule has 0 aliphatic carbocycles. The zero-order valence-corrected chi connectivity index (χ0v) is 8.60. The van der Waals surface area contributed by atoms with Crippen molar-refractivity contribution in [1.82, 2.24) is 20.3 Å². The van der Waals surface area contributed by atoms with E-state index < -0.39 is 5.60 Å². The van der Waals surface area contributed by atoms with Crippen LogP contribution in [-0.4, -0.2) is 50.0 Å². The van der Waals surface area contributed by atoms with Crippen LogP contribution in [-0.2, 0) is 0 Å². The average molecular weight is 210 g/mol. The number of nitrogens with one attached hydrogen (secondary N) is 1. The van der Waals surface area contributed by atoms with Gasteiger partial charge in [-0.25, -0.2) is 0 Å². The second-order valence-corrected chi connectivity index (χ2v) is 4.18. The number of aromatic amines is 1. The van der Waals surface area contributed by atoms with Crippen molar-refractivity contribution in [2.24, 2.45) is 0 Å². The fraction of sp³-hybridized carbons (Fsp3) is 0.667. The SMILES string of the molecule is CC1(O)CCCN(C(=O)c2cn[nH]n2)C1. The Hall–Kier alpha value is -1.43. The number of aromatic nitrogens is 3. The topological polar surface area (TPSA) is 82.1 Å². The highest BCUT2D eigenvalue weighted by Gasteiger charge is 2.31. The lowest BCUT2D eigenvalue weighted by Crippen LogP contribution is -2.48. The normalized spacial score (nSPS) is 26.7. The van der Waals surface area contributed by atoms with E-state index in [1.165, 1.54) is 6.20 Å². The van der Waals surface area contributed by atoms with Crippen LogP contribution in [0.2, 0.25) is 0 Å². The second-order valence-electron chi connectivity index (χ2n) is 4.18. The first-order valence-corrected chi connectivity index (χ1v) is 4.96. The summed E-state index contributed by atoms with van der Waals surface area (Å²) < 4.78 is 0. The Balaban J connectivity index is 2.08. The highest BCUT2D eigenvalue weighted by atomic mass is 16.3. The number of likely N-dealkylation sites (tertiary alicyclic amines) is 1. The lowest BCUT2D eigenvalue weighted by Gasteiger charge is -2.36. The van der Waals surface area contributed by atoms with E-state index >= 15 is 0 Å². The van der Waals surface area contributed by atoms with Crippen LogP contribution in [0.5, 0.6) is 0 Å². The summed E-state index contributed by atoms with van der Waals surface area (Å²) in [4.78, 5) is 13.5. The highest BCUT2D eigenvalue weighted by Crippen LogP contribution is 2.21. The minimum Gasteiger partial charge on any atom is -0.388 e. The lowest BCUT2D eigenvalue weighted by molar-refractivity contribution is -0.0109. The van der Waals surface area contributed by atoms with Crippen molar-refractivity contribution in [3.63, 3.8) is 0 Å². The van der Waals surface area contributed by atoms with Crippen molar-refractivity contribution in [3.05, 3.63) is 11.9 Å². The Morgan fingerprint density at radius 3 is 3.13 bits per heavy atom. The quantitative estimate of drug-likeness (QED) is 0.672. The first kappa shape index (κ1) is 10.1. The molecule has 2 N–H and O–H groups in total. The third-order valence-electron chi connectivity index (χ3n) is 2.60. The molecule has 0 bridgehead atoms.